The monoisotopic (exact) mass is 338 g/mol. The predicted octanol–water partition coefficient (Wildman–Crippen LogP) is 3.96. The van der Waals surface area contributed by atoms with E-state index in [9.17, 15) is 10.1 Å². The highest BCUT2D eigenvalue weighted by Crippen LogP contribution is 2.32. The number of rotatable bonds is 2. The summed E-state index contributed by atoms with van der Waals surface area (Å²) in [6, 6.07) is 4.28. The van der Waals surface area contributed by atoms with Crippen molar-refractivity contribution in [3.05, 3.63) is 28.3 Å². The summed E-state index contributed by atoms with van der Waals surface area (Å²) in [5.74, 6) is -0.342. The van der Waals surface area contributed by atoms with Crippen LogP contribution in [0.25, 0.3) is 10.2 Å². The van der Waals surface area contributed by atoms with Crippen LogP contribution in [0.2, 0.25) is 0 Å². The molecule has 2 aromatic rings. The van der Waals surface area contributed by atoms with Crippen LogP contribution in [-0.2, 0) is 0 Å². The molecule has 0 amide bonds. The Morgan fingerprint density at radius 1 is 1.47 bits per heavy atom. The Morgan fingerprint density at radius 3 is 2.74 bits per heavy atom. The van der Waals surface area contributed by atoms with Crippen molar-refractivity contribution in [1.29, 1.82) is 5.41 Å². The molecule has 100 valence electrons. The highest BCUT2D eigenvalue weighted by molar-refractivity contribution is 7.22. The van der Waals surface area contributed by atoms with Crippen LogP contribution in [0.1, 0.15) is 0 Å². The fraction of sp³-hybridized carbons (Fsp3) is 0.111. The molecule has 0 aliphatic rings. The summed E-state index contributed by atoms with van der Waals surface area (Å²) in [5.41, 5.74) is 0.536. The number of non-ortho nitro benzene ring substituents is 1. The fourth-order valence-corrected chi connectivity index (χ4v) is 2.30. The van der Waals surface area contributed by atoms with Gasteiger partial charge in [0.25, 0.3) is 5.69 Å². The lowest BCUT2D eigenvalue weighted by molar-refractivity contribution is -0.384. The third-order valence-corrected chi connectivity index (χ3v) is 3.60. The Bertz CT molecular complexity index is 667. The van der Waals surface area contributed by atoms with Crippen molar-refractivity contribution in [1.82, 2.24) is 4.98 Å². The minimum atomic E-state index is -1.87. The van der Waals surface area contributed by atoms with Crippen LogP contribution in [0, 0.1) is 15.5 Å². The Kier molecular flexibility index (Phi) is 3.82. The number of aromatic nitrogens is 1. The number of nitro groups is 1. The number of amidine groups is 1. The van der Waals surface area contributed by atoms with Crippen molar-refractivity contribution in [2.75, 3.05) is 5.32 Å². The molecule has 0 fully saturated rings. The molecular formula is C9H5Cl3N4O2S. The molecule has 10 heteroatoms. The summed E-state index contributed by atoms with van der Waals surface area (Å²) in [4.78, 5) is 14.3. The van der Waals surface area contributed by atoms with Gasteiger partial charge in [-0.05, 0) is 6.07 Å². The van der Waals surface area contributed by atoms with Gasteiger partial charge in [0.05, 0.1) is 15.1 Å². The summed E-state index contributed by atoms with van der Waals surface area (Å²) in [6.45, 7) is 0. The van der Waals surface area contributed by atoms with E-state index in [1.165, 1.54) is 18.2 Å². The van der Waals surface area contributed by atoms with Gasteiger partial charge in [-0.15, -0.1) is 0 Å². The standard InChI is InChI=1S/C9H5Cl3N4O2S/c10-9(11,12)7(13)15-8-14-5-2-1-4(16(17)18)3-6(5)19-8/h1-3H,(H2,13,14,15). The van der Waals surface area contributed by atoms with E-state index in [4.69, 9.17) is 40.2 Å². The van der Waals surface area contributed by atoms with Crippen molar-refractivity contribution in [3.63, 3.8) is 0 Å². The first-order valence-corrected chi connectivity index (χ1v) is 6.70. The van der Waals surface area contributed by atoms with Gasteiger partial charge in [-0.3, -0.25) is 15.5 Å². The number of nitro benzene ring substituents is 1. The van der Waals surface area contributed by atoms with Crippen LogP contribution < -0.4 is 5.32 Å². The Morgan fingerprint density at radius 2 is 2.16 bits per heavy atom. The number of nitrogens with one attached hydrogen (secondary N) is 2. The van der Waals surface area contributed by atoms with E-state index in [1.54, 1.807) is 0 Å². The SMILES string of the molecule is N=C(Nc1nc2ccc([N+](=O)[O-])cc2s1)C(Cl)(Cl)Cl. The van der Waals surface area contributed by atoms with E-state index in [2.05, 4.69) is 10.3 Å². The number of alkyl halides is 3. The Hall–Kier alpha value is -1.15. The molecule has 1 aromatic heterocycles. The van der Waals surface area contributed by atoms with Crippen molar-refractivity contribution < 1.29 is 4.92 Å². The highest BCUT2D eigenvalue weighted by atomic mass is 35.6. The summed E-state index contributed by atoms with van der Waals surface area (Å²) in [6.07, 6.45) is 0. The maximum Gasteiger partial charge on any atom is 0.270 e. The number of hydrogen-bond donors (Lipinski definition) is 2. The van der Waals surface area contributed by atoms with Gasteiger partial charge in [-0.2, -0.15) is 0 Å². The van der Waals surface area contributed by atoms with Gasteiger partial charge in [0.1, 0.15) is 0 Å². The molecule has 0 aliphatic heterocycles. The van der Waals surface area contributed by atoms with Gasteiger partial charge < -0.3 is 5.32 Å². The average molecular weight is 340 g/mol. The van der Waals surface area contributed by atoms with Crippen LogP contribution in [0.5, 0.6) is 0 Å². The number of thiazole rings is 1. The van der Waals surface area contributed by atoms with E-state index in [-0.39, 0.29) is 11.5 Å². The zero-order chi connectivity index (χ0) is 14.2. The molecule has 1 heterocycles. The molecule has 0 radical (unpaired) electrons. The van der Waals surface area contributed by atoms with Gasteiger partial charge in [-0.25, -0.2) is 4.98 Å². The topological polar surface area (TPSA) is 91.9 Å². The minimum absolute atomic E-state index is 0.0286. The van der Waals surface area contributed by atoms with E-state index < -0.39 is 8.72 Å². The quantitative estimate of drug-likeness (QED) is 0.285. The van der Waals surface area contributed by atoms with Gasteiger partial charge in [-0.1, -0.05) is 46.1 Å². The van der Waals surface area contributed by atoms with Gasteiger partial charge >= 0.3 is 0 Å². The molecule has 2 rings (SSSR count). The molecule has 19 heavy (non-hydrogen) atoms. The maximum atomic E-state index is 10.6. The average Bonchev–Trinajstić information content (AvgIpc) is 2.68. The van der Waals surface area contributed by atoms with Crippen molar-refractivity contribution in [2.24, 2.45) is 0 Å². The second-order valence-electron chi connectivity index (χ2n) is 3.43. The van der Waals surface area contributed by atoms with Gasteiger partial charge in [0.2, 0.25) is 3.79 Å². The number of anilines is 1. The molecule has 0 unspecified atom stereocenters. The number of halogens is 3. The second kappa shape index (κ2) is 5.09. The van der Waals surface area contributed by atoms with E-state index in [0.717, 1.165) is 11.3 Å². The third kappa shape index (κ3) is 3.24. The Labute approximate surface area is 126 Å². The van der Waals surface area contributed by atoms with Crippen LogP contribution in [0.3, 0.4) is 0 Å². The molecule has 0 spiro atoms. The second-order valence-corrected chi connectivity index (χ2v) is 6.74. The number of benzene rings is 1. The van der Waals surface area contributed by atoms with E-state index in [0.29, 0.717) is 15.3 Å². The number of fused-ring (bicyclic) bond motifs is 1. The molecule has 0 saturated heterocycles. The highest BCUT2D eigenvalue weighted by Gasteiger charge is 2.27. The molecule has 0 atom stereocenters. The summed E-state index contributed by atoms with van der Waals surface area (Å²) in [5, 5.41) is 21.0. The van der Waals surface area contributed by atoms with Crippen LogP contribution in [-0.4, -0.2) is 19.5 Å². The maximum absolute atomic E-state index is 10.6. The lowest BCUT2D eigenvalue weighted by Crippen LogP contribution is -2.26. The lowest BCUT2D eigenvalue weighted by atomic mass is 10.3. The molecule has 0 aliphatic carbocycles. The largest absolute Gasteiger partial charge is 0.317 e. The number of nitrogens with zero attached hydrogens (tertiary/aromatic N) is 2. The molecular weight excluding hydrogens is 335 g/mol. The molecule has 0 bridgehead atoms. The van der Waals surface area contributed by atoms with Gasteiger partial charge in [0, 0.05) is 12.1 Å². The molecule has 1 aromatic carbocycles. The van der Waals surface area contributed by atoms with Crippen molar-refractivity contribution >= 4 is 73.0 Å². The van der Waals surface area contributed by atoms with Crippen LogP contribution >= 0.6 is 46.1 Å². The molecule has 0 saturated carbocycles. The summed E-state index contributed by atoms with van der Waals surface area (Å²) in [7, 11) is 0. The molecule has 2 N–H and O–H groups in total. The lowest BCUT2D eigenvalue weighted by Gasteiger charge is -2.11. The van der Waals surface area contributed by atoms with E-state index in [1.807, 2.05) is 0 Å². The van der Waals surface area contributed by atoms with Crippen molar-refractivity contribution in [3.8, 4) is 0 Å². The first kappa shape index (κ1) is 14.3. The first-order valence-electron chi connectivity index (χ1n) is 4.75. The normalized spacial score (nSPS) is 11.5. The summed E-state index contributed by atoms with van der Waals surface area (Å²) >= 11 is 17.7. The van der Waals surface area contributed by atoms with Crippen LogP contribution in [0.15, 0.2) is 18.2 Å². The van der Waals surface area contributed by atoms with Gasteiger partial charge in [0.15, 0.2) is 11.0 Å². The minimum Gasteiger partial charge on any atom is -0.317 e. The zero-order valence-corrected chi connectivity index (χ0v) is 12.1. The Balaban J connectivity index is 2.32. The van der Waals surface area contributed by atoms with Crippen molar-refractivity contribution in [2.45, 2.75) is 3.79 Å². The zero-order valence-electron chi connectivity index (χ0n) is 8.99. The van der Waals surface area contributed by atoms with E-state index >= 15 is 0 Å². The predicted molar refractivity (Wildman–Crippen MR) is 77.9 cm³/mol. The number of hydrogen-bond acceptors (Lipinski definition) is 5. The fourth-order valence-electron chi connectivity index (χ4n) is 1.26. The van der Waals surface area contributed by atoms with Crippen LogP contribution in [0.4, 0.5) is 10.8 Å². The molecule has 6 nitrogen and oxygen atoms in total. The first-order chi connectivity index (χ1) is 8.77. The smallest absolute Gasteiger partial charge is 0.270 e. The summed E-state index contributed by atoms with van der Waals surface area (Å²) < 4.78 is -1.27. The third-order valence-electron chi connectivity index (χ3n) is 2.10.